The largest absolute Gasteiger partial charge is 0.326 e. The summed E-state index contributed by atoms with van der Waals surface area (Å²) in [5, 5.41) is 4.13. The second-order valence-corrected chi connectivity index (χ2v) is 4.72. The summed E-state index contributed by atoms with van der Waals surface area (Å²) in [5.41, 5.74) is 7.22. The predicted octanol–water partition coefficient (Wildman–Crippen LogP) is 1.74. The highest BCUT2D eigenvalue weighted by molar-refractivity contribution is 5.97. The number of carbonyl (C=O) groups excluding carboxylic acids is 1. The minimum atomic E-state index is 0.0403. The van der Waals surface area contributed by atoms with E-state index in [1.165, 1.54) is 6.33 Å². The summed E-state index contributed by atoms with van der Waals surface area (Å²) < 4.78 is 1.77. The van der Waals surface area contributed by atoms with Crippen molar-refractivity contribution in [2.24, 2.45) is 5.73 Å². The number of ketones is 1. The number of hydrogen-bond acceptors (Lipinski definition) is 4. The Bertz CT molecular complexity index is 557. The first-order valence-corrected chi connectivity index (χ1v) is 6.32. The van der Waals surface area contributed by atoms with Crippen molar-refractivity contribution in [1.82, 2.24) is 14.8 Å². The molecular formula is C14H18N4O. The maximum absolute atomic E-state index is 12.2. The number of rotatable bonds is 5. The SMILES string of the molecule is CC(C)n1ncnc1CC(=O)c1ccc(CN)cc1. The average Bonchev–Trinajstić information content (AvgIpc) is 2.87. The van der Waals surface area contributed by atoms with Gasteiger partial charge in [0.2, 0.25) is 0 Å². The van der Waals surface area contributed by atoms with Crippen LogP contribution in [0.3, 0.4) is 0 Å². The predicted molar refractivity (Wildman–Crippen MR) is 72.8 cm³/mol. The summed E-state index contributed by atoms with van der Waals surface area (Å²) in [6.07, 6.45) is 1.75. The molecule has 100 valence electrons. The lowest BCUT2D eigenvalue weighted by atomic mass is 10.1. The minimum absolute atomic E-state index is 0.0403. The van der Waals surface area contributed by atoms with Crippen molar-refractivity contribution in [3.8, 4) is 0 Å². The molecule has 1 aromatic heterocycles. The number of nitrogens with zero attached hydrogens (tertiary/aromatic N) is 3. The van der Waals surface area contributed by atoms with Crippen LogP contribution >= 0.6 is 0 Å². The molecule has 0 bridgehead atoms. The van der Waals surface area contributed by atoms with E-state index < -0.39 is 0 Å². The van der Waals surface area contributed by atoms with Gasteiger partial charge in [-0.2, -0.15) is 5.10 Å². The van der Waals surface area contributed by atoms with Crippen LogP contribution in [-0.4, -0.2) is 20.5 Å². The van der Waals surface area contributed by atoms with Gasteiger partial charge in [-0.05, 0) is 19.4 Å². The third-order valence-corrected chi connectivity index (χ3v) is 2.97. The van der Waals surface area contributed by atoms with Crippen molar-refractivity contribution in [3.63, 3.8) is 0 Å². The van der Waals surface area contributed by atoms with Gasteiger partial charge >= 0.3 is 0 Å². The second kappa shape index (κ2) is 5.75. The topological polar surface area (TPSA) is 73.8 Å². The molecule has 0 spiro atoms. The van der Waals surface area contributed by atoms with Gasteiger partial charge in [-0.3, -0.25) is 4.79 Å². The second-order valence-electron chi connectivity index (χ2n) is 4.72. The van der Waals surface area contributed by atoms with Gasteiger partial charge in [-0.15, -0.1) is 0 Å². The van der Waals surface area contributed by atoms with Gasteiger partial charge in [0.05, 0.1) is 6.42 Å². The van der Waals surface area contributed by atoms with Crippen LogP contribution in [0.25, 0.3) is 0 Å². The Balaban J connectivity index is 2.13. The molecule has 0 saturated heterocycles. The fraction of sp³-hybridized carbons (Fsp3) is 0.357. The van der Waals surface area contributed by atoms with E-state index in [2.05, 4.69) is 10.1 Å². The van der Waals surface area contributed by atoms with Gasteiger partial charge in [-0.25, -0.2) is 9.67 Å². The van der Waals surface area contributed by atoms with Crippen LogP contribution in [0.1, 0.15) is 41.6 Å². The van der Waals surface area contributed by atoms with Gasteiger partial charge in [-0.1, -0.05) is 24.3 Å². The molecule has 0 unspecified atom stereocenters. The molecule has 5 heteroatoms. The lowest BCUT2D eigenvalue weighted by Gasteiger charge is -2.08. The van der Waals surface area contributed by atoms with E-state index in [0.717, 1.165) is 5.56 Å². The first kappa shape index (κ1) is 13.4. The molecule has 0 amide bonds. The minimum Gasteiger partial charge on any atom is -0.326 e. The molecule has 5 nitrogen and oxygen atoms in total. The number of hydrogen-bond donors (Lipinski definition) is 1. The Hall–Kier alpha value is -2.01. The number of carbonyl (C=O) groups is 1. The fourth-order valence-electron chi connectivity index (χ4n) is 1.90. The maximum Gasteiger partial charge on any atom is 0.170 e. The normalized spacial score (nSPS) is 10.9. The van der Waals surface area contributed by atoms with Crippen LogP contribution in [-0.2, 0) is 13.0 Å². The van der Waals surface area contributed by atoms with Crippen molar-refractivity contribution < 1.29 is 4.79 Å². The quantitative estimate of drug-likeness (QED) is 0.829. The van der Waals surface area contributed by atoms with Crippen LogP contribution in [0.5, 0.6) is 0 Å². The molecule has 19 heavy (non-hydrogen) atoms. The van der Waals surface area contributed by atoms with E-state index in [9.17, 15) is 4.79 Å². The summed E-state index contributed by atoms with van der Waals surface area (Å²) in [7, 11) is 0. The van der Waals surface area contributed by atoms with Gasteiger partial charge in [0, 0.05) is 18.2 Å². The highest BCUT2D eigenvalue weighted by Crippen LogP contribution is 2.10. The zero-order valence-corrected chi connectivity index (χ0v) is 11.2. The number of nitrogens with two attached hydrogens (primary N) is 1. The van der Waals surface area contributed by atoms with Crippen molar-refractivity contribution in [3.05, 3.63) is 47.5 Å². The molecule has 0 saturated carbocycles. The molecule has 0 aliphatic heterocycles. The highest BCUT2D eigenvalue weighted by Gasteiger charge is 2.13. The summed E-state index contributed by atoms with van der Waals surface area (Å²) in [6, 6.07) is 7.56. The lowest BCUT2D eigenvalue weighted by molar-refractivity contribution is 0.0989. The molecule has 0 aliphatic rings. The Morgan fingerprint density at radius 3 is 2.58 bits per heavy atom. The standard InChI is InChI=1S/C14H18N4O/c1-10(2)18-14(16-9-17-18)7-13(19)12-5-3-11(8-15)4-6-12/h3-6,9-10H,7-8,15H2,1-2H3. The Kier molecular flexibility index (Phi) is 4.06. The zero-order valence-electron chi connectivity index (χ0n) is 11.2. The van der Waals surface area contributed by atoms with E-state index >= 15 is 0 Å². The number of benzene rings is 1. The maximum atomic E-state index is 12.2. The van der Waals surface area contributed by atoms with Crippen LogP contribution in [0.4, 0.5) is 0 Å². The Labute approximate surface area is 112 Å². The van der Waals surface area contributed by atoms with Gasteiger partial charge < -0.3 is 5.73 Å². The lowest BCUT2D eigenvalue weighted by Crippen LogP contribution is -2.13. The molecule has 0 radical (unpaired) electrons. The smallest absolute Gasteiger partial charge is 0.170 e. The van der Waals surface area contributed by atoms with Crippen LogP contribution in [0.2, 0.25) is 0 Å². The van der Waals surface area contributed by atoms with E-state index in [4.69, 9.17) is 5.73 Å². The molecular weight excluding hydrogens is 240 g/mol. The Morgan fingerprint density at radius 1 is 1.32 bits per heavy atom. The van der Waals surface area contributed by atoms with Gasteiger partial charge in [0.15, 0.2) is 5.78 Å². The van der Waals surface area contributed by atoms with Crippen LogP contribution in [0, 0.1) is 0 Å². The van der Waals surface area contributed by atoms with Crippen LogP contribution < -0.4 is 5.73 Å². The fourth-order valence-corrected chi connectivity index (χ4v) is 1.90. The van der Waals surface area contributed by atoms with E-state index in [0.29, 0.717) is 17.9 Å². The third kappa shape index (κ3) is 3.06. The third-order valence-electron chi connectivity index (χ3n) is 2.97. The number of Topliss-reactive ketones (excluding diaryl/α,β-unsaturated/α-hetero) is 1. The van der Waals surface area contributed by atoms with Crippen molar-refractivity contribution in [2.45, 2.75) is 32.9 Å². The molecule has 0 atom stereocenters. The van der Waals surface area contributed by atoms with E-state index in [-0.39, 0.29) is 18.2 Å². The van der Waals surface area contributed by atoms with Crippen LogP contribution in [0.15, 0.2) is 30.6 Å². The average molecular weight is 258 g/mol. The molecule has 2 rings (SSSR count). The molecule has 0 fully saturated rings. The van der Waals surface area contributed by atoms with Crippen molar-refractivity contribution in [1.29, 1.82) is 0 Å². The molecule has 2 aromatic rings. The first-order valence-electron chi connectivity index (χ1n) is 6.32. The van der Waals surface area contributed by atoms with Crippen molar-refractivity contribution in [2.75, 3.05) is 0 Å². The molecule has 2 N–H and O–H groups in total. The Morgan fingerprint density at radius 2 is 2.00 bits per heavy atom. The summed E-state index contributed by atoms with van der Waals surface area (Å²) >= 11 is 0. The molecule has 0 aliphatic carbocycles. The monoisotopic (exact) mass is 258 g/mol. The molecule has 1 heterocycles. The molecule has 1 aromatic carbocycles. The van der Waals surface area contributed by atoms with E-state index in [1.807, 2.05) is 26.0 Å². The van der Waals surface area contributed by atoms with Gasteiger partial charge in [0.25, 0.3) is 0 Å². The first-order chi connectivity index (χ1) is 9.11. The zero-order chi connectivity index (χ0) is 13.8. The summed E-state index contributed by atoms with van der Waals surface area (Å²) in [4.78, 5) is 16.3. The highest BCUT2D eigenvalue weighted by atomic mass is 16.1. The number of aromatic nitrogens is 3. The van der Waals surface area contributed by atoms with Gasteiger partial charge in [0.1, 0.15) is 12.2 Å². The summed E-state index contributed by atoms with van der Waals surface area (Å²) in [6.45, 7) is 4.51. The van der Waals surface area contributed by atoms with E-state index in [1.54, 1.807) is 16.8 Å². The van der Waals surface area contributed by atoms with Crippen molar-refractivity contribution >= 4 is 5.78 Å². The summed E-state index contributed by atoms with van der Waals surface area (Å²) in [5.74, 6) is 0.737.